The van der Waals surface area contributed by atoms with Gasteiger partial charge >= 0.3 is 0 Å². The Morgan fingerprint density at radius 2 is 2.00 bits per heavy atom. The van der Waals surface area contributed by atoms with Gasteiger partial charge in [-0.05, 0) is 6.42 Å². The smallest absolute Gasteiger partial charge is 0.0418 e. The maximum Gasteiger partial charge on any atom is 0.0418 e. The molecule has 60 valence electrons. The second-order valence-corrected chi connectivity index (χ2v) is 2.81. The van der Waals surface area contributed by atoms with E-state index >= 15 is 0 Å². The first-order valence-corrected chi connectivity index (χ1v) is 4.20. The number of nitrogens with zero attached hydrogens (tertiary/aromatic N) is 2. The van der Waals surface area contributed by atoms with E-state index in [9.17, 15) is 4.48 Å². The van der Waals surface area contributed by atoms with E-state index in [1.807, 2.05) is 0 Å². The molecule has 0 aliphatic carbocycles. The minimum Gasteiger partial charge on any atom is -0.293 e. The van der Waals surface area contributed by atoms with E-state index in [-0.39, 0.29) is 0 Å². The minimum atomic E-state index is 0.528. The van der Waals surface area contributed by atoms with Crippen LogP contribution in [0.2, 0.25) is 0 Å². The maximum absolute atomic E-state index is 12.5. The highest BCUT2D eigenvalue weighted by atomic mass is 32.1. The Bertz CT molecular complexity index is 102. The van der Waals surface area contributed by atoms with Gasteiger partial charge in [0.1, 0.15) is 0 Å². The molecular formula is C6H13FN2S. The highest BCUT2D eigenvalue weighted by Gasteiger charge is 2.11. The third kappa shape index (κ3) is 2.44. The lowest BCUT2D eigenvalue weighted by Crippen LogP contribution is -2.26. The summed E-state index contributed by atoms with van der Waals surface area (Å²) in [5.41, 5.74) is 0. The fraction of sp³-hybridized carbons (Fsp3) is 1.00. The summed E-state index contributed by atoms with van der Waals surface area (Å²) in [6.07, 6.45) is 0.914. The Kier molecular flexibility index (Phi) is 3.45. The fourth-order valence-corrected chi connectivity index (χ4v) is 1.36. The largest absolute Gasteiger partial charge is 0.293 e. The quantitative estimate of drug-likeness (QED) is 0.451. The van der Waals surface area contributed by atoms with Gasteiger partial charge in [-0.15, -0.1) is 9.60 Å². The second kappa shape index (κ2) is 4.16. The van der Waals surface area contributed by atoms with E-state index in [0.717, 1.165) is 30.5 Å². The van der Waals surface area contributed by atoms with Crippen molar-refractivity contribution in [1.29, 1.82) is 0 Å². The predicted molar refractivity (Wildman–Crippen MR) is 42.7 cm³/mol. The van der Waals surface area contributed by atoms with Crippen molar-refractivity contribution in [3.05, 3.63) is 0 Å². The summed E-state index contributed by atoms with van der Waals surface area (Å²) >= 11 is 4.13. The van der Waals surface area contributed by atoms with Crippen molar-refractivity contribution in [3.63, 3.8) is 0 Å². The topological polar surface area (TPSA) is 6.48 Å². The molecule has 1 aliphatic heterocycles. The SMILES string of the molecule is FN1CCCN(CS)CC1. The Labute approximate surface area is 66.3 Å². The standard InChI is InChI=1S/C6H13FN2S/c7-9-3-1-2-8(6-10)4-5-9/h10H,1-6H2. The van der Waals surface area contributed by atoms with Crippen molar-refractivity contribution in [1.82, 2.24) is 10.0 Å². The molecule has 1 aliphatic rings. The average molecular weight is 164 g/mol. The number of hydrogen-bond donors (Lipinski definition) is 1. The van der Waals surface area contributed by atoms with E-state index in [0.29, 0.717) is 13.1 Å². The molecule has 1 saturated heterocycles. The number of halogens is 1. The van der Waals surface area contributed by atoms with Crippen molar-refractivity contribution in [2.45, 2.75) is 6.42 Å². The maximum atomic E-state index is 12.5. The van der Waals surface area contributed by atoms with Gasteiger partial charge in [0, 0.05) is 32.1 Å². The molecule has 0 aromatic carbocycles. The first-order chi connectivity index (χ1) is 4.83. The van der Waals surface area contributed by atoms with Gasteiger partial charge in [-0.1, -0.05) is 0 Å². The van der Waals surface area contributed by atoms with Crippen LogP contribution in [0, 0.1) is 0 Å². The normalized spacial score (nSPS) is 24.6. The Morgan fingerprint density at radius 1 is 1.20 bits per heavy atom. The van der Waals surface area contributed by atoms with Crippen LogP contribution in [0.3, 0.4) is 0 Å². The molecule has 0 atom stereocenters. The Morgan fingerprint density at radius 3 is 2.70 bits per heavy atom. The van der Waals surface area contributed by atoms with Crippen molar-refractivity contribution >= 4 is 12.6 Å². The molecule has 0 saturated carbocycles. The summed E-state index contributed by atoms with van der Waals surface area (Å²) < 4.78 is 12.5. The van der Waals surface area contributed by atoms with E-state index in [4.69, 9.17) is 0 Å². The van der Waals surface area contributed by atoms with Crippen molar-refractivity contribution in [2.24, 2.45) is 0 Å². The van der Waals surface area contributed by atoms with Gasteiger partial charge in [0.25, 0.3) is 0 Å². The summed E-state index contributed by atoms with van der Waals surface area (Å²) in [7, 11) is 0. The Hall–Kier alpha value is 0.200. The van der Waals surface area contributed by atoms with Crippen LogP contribution in [0.4, 0.5) is 4.48 Å². The molecule has 2 nitrogen and oxygen atoms in total. The van der Waals surface area contributed by atoms with Gasteiger partial charge in [-0.25, -0.2) is 0 Å². The van der Waals surface area contributed by atoms with Crippen molar-refractivity contribution in [2.75, 3.05) is 32.1 Å². The van der Waals surface area contributed by atoms with Crippen LogP contribution < -0.4 is 0 Å². The van der Waals surface area contributed by atoms with E-state index < -0.39 is 0 Å². The lowest BCUT2D eigenvalue weighted by atomic mass is 10.4. The lowest BCUT2D eigenvalue weighted by molar-refractivity contribution is 0.0312. The molecule has 0 unspecified atom stereocenters. The molecule has 0 spiro atoms. The van der Waals surface area contributed by atoms with E-state index in [2.05, 4.69) is 17.5 Å². The van der Waals surface area contributed by atoms with Crippen molar-refractivity contribution < 1.29 is 4.48 Å². The monoisotopic (exact) mass is 164 g/mol. The van der Waals surface area contributed by atoms with Gasteiger partial charge in [0.05, 0.1) is 0 Å². The van der Waals surface area contributed by atoms with Gasteiger partial charge in [0.15, 0.2) is 0 Å². The minimum absolute atomic E-state index is 0.528. The van der Waals surface area contributed by atoms with Crippen molar-refractivity contribution in [3.8, 4) is 0 Å². The highest BCUT2D eigenvalue weighted by Crippen LogP contribution is 2.02. The predicted octanol–water partition coefficient (Wildman–Crippen LogP) is 0.766. The molecular weight excluding hydrogens is 151 g/mol. The summed E-state index contributed by atoms with van der Waals surface area (Å²) in [6, 6.07) is 0. The first kappa shape index (κ1) is 8.30. The molecule has 0 N–H and O–H groups in total. The van der Waals surface area contributed by atoms with Crippen LogP contribution in [-0.2, 0) is 0 Å². The zero-order valence-electron chi connectivity index (χ0n) is 5.96. The van der Waals surface area contributed by atoms with Crippen LogP contribution >= 0.6 is 12.6 Å². The molecule has 0 amide bonds. The third-order valence-corrected chi connectivity index (χ3v) is 2.13. The number of thiol groups is 1. The molecule has 10 heavy (non-hydrogen) atoms. The Balaban J connectivity index is 2.26. The molecule has 4 heteroatoms. The average Bonchev–Trinajstić information content (AvgIpc) is 2.14. The zero-order chi connectivity index (χ0) is 7.40. The molecule has 1 heterocycles. The third-order valence-electron chi connectivity index (χ3n) is 1.73. The highest BCUT2D eigenvalue weighted by molar-refractivity contribution is 7.80. The summed E-state index contributed by atoms with van der Waals surface area (Å²) in [6.45, 7) is 2.88. The van der Waals surface area contributed by atoms with Gasteiger partial charge in [-0.3, -0.25) is 4.90 Å². The van der Waals surface area contributed by atoms with E-state index in [1.54, 1.807) is 0 Å². The summed E-state index contributed by atoms with van der Waals surface area (Å²) in [5.74, 6) is 0.744. The second-order valence-electron chi connectivity index (χ2n) is 2.52. The fourth-order valence-electron chi connectivity index (χ4n) is 1.08. The molecule has 1 rings (SSSR count). The van der Waals surface area contributed by atoms with Gasteiger partial charge in [-0.2, -0.15) is 12.6 Å². The zero-order valence-corrected chi connectivity index (χ0v) is 6.86. The summed E-state index contributed by atoms with van der Waals surface area (Å²) in [5, 5.41) is 0.878. The molecule has 0 bridgehead atoms. The van der Waals surface area contributed by atoms with Crippen LogP contribution in [-0.4, -0.2) is 42.1 Å². The molecule has 1 fully saturated rings. The van der Waals surface area contributed by atoms with Crippen LogP contribution in [0.1, 0.15) is 6.42 Å². The van der Waals surface area contributed by atoms with E-state index in [1.165, 1.54) is 0 Å². The van der Waals surface area contributed by atoms with Gasteiger partial charge < -0.3 is 0 Å². The lowest BCUT2D eigenvalue weighted by Gasteiger charge is -2.15. The molecule has 0 aromatic rings. The van der Waals surface area contributed by atoms with Crippen LogP contribution in [0.5, 0.6) is 0 Å². The number of rotatable bonds is 1. The van der Waals surface area contributed by atoms with Crippen LogP contribution in [0.25, 0.3) is 0 Å². The summed E-state index contributed by atoms with van der Waals surface area (Å²) in [4.78, 5) is 2.14. The number of hydrogen-bond acceptors (Lipinski definition) is 3. The van der Waals surface area contributed by atoms with Crippen LogP contribution in [0.15, 0.2) is 0 Å². The first-order valence-electron chi connectivity index (χ1n) is 3.57. The molecule has 0 aromatic heterocycles. The molecule has 0 radical (unpaired) electrons. The van der Waals surface area contributed by atoms with Gasteiger partial charge in [0.2, 0.25) is 0 Å².